The summed E-state index contributed by atoms with van der Waals surface area (Å²) in [6.07, 6.45) is 12.5. The number of nitrogens with zero attached hydrogens (tertiary/aromatic N) is 2. The first-order valence-corrected chi connectivity index (χ1v) is 16.8. The van der Waals surface area contributed by atoms with Crippen LogP contribution in [0.4, 0.5) is 11.4 Å². The fourth-order valence-electron chi connectivity index (χ4n) is 6.28. The Morgan fingerprint density at radius 2 is 0.760 bits per heavy atom. The summed E-state index contributed by atoms with van der Waals surface area (Å²) in [6, 6.07) is 28.5. The monoisotopic (exact) mass is 660 g/mol. The van der Waals surface area contributed by atoms with Gasteiger partial charge in [-0.15, -0.1) is 0 Å². The summed E-state index contributed by atoms with van der Waals surface area (Å²) >= 11 is 0. The number of aliphatic hydroxyl groups excluding tert-OH is 4. The summed E-state index contributed by atoms with van der Waals surface area (Å²) in [7, 11) is 0. The molecule has 0 saturated carbocycles. The highest BCUT2D eigenvalue weighted by Crippen LogP contribution is 2.47. The Labute approximate surface area is 294 Å². The molecule has 0 aromatic heterocycles. The first-order chi connectivity index (χ1) is 24.6. The van der Waals surface area contributed by atoms with Gasteiger partial charge in [0.1, 0.15) is 0 Å². The van der Waals surface area contributed by atoms with Crippen LogP contribution < -0.4 is 9.80 Å². The van der Waals surface area contributed by atoms with Crippen LogP contribution in [0.3, 0.4) is 0 Å². The summed E-state index contributed by atoms with van der Waals surface area (Å²) in [4.78, 5) is 3.89. The molecule has 2 aliphatic rings. The number of anilines is 2. The van der Waals surface area contributed by atoms with Gasteiger partial charge in [-0.2, -0.15) is 0 Å². The zero-order valence-electron chi connectivity index (χ0n) is 27.9. The number of allylic oxidation sites excluding steroid dienone is 7. The Morgan fingerprint density at radius 1 is 0.400 bits per heavy atom. The molecule has 2 aliphatic carbocycles. The number of aliphatic hydroxyl groups is 4. The van der Waals surface area contributed by atoms with Crippen LogP contribution in [0.15, 0.2) is 127 Å². The molecule has 0 fully saturated rings. The molecule has 0 radical (unpaired) electrons. The molecule has 0 saturated heterocycles. The minimum absolute atomic E-state index is 0.0206. The van der Waals surface area contributed by atoms with E-state index in [9.17, 15) is 20.4 Å². The predicted octanol–water partition coefficient (Wildman–Crippen LogP) is 5.53. The molecule has 250 valence electrons. The van der Waals surface area contributed by atoms with Crippen molar-refractivity contribution in [1.29, 1.82) is 0 Å². The Morgan fingerprint density at radius 3 is 1.14 bits per heavy atom. The molecule has 6 nitrogen and oxygen atoms in total. The third kappa shape index (κ3) is 7.98. The van der Waals surface area contributed by atoms with Crippen molar-refractivity contribution in [3.05, 3.63) is 160 Å². The third-order valence-corrected chi connectivity index (χ3v) is 8.69. The van der Waals surface area contributed by atoms with Crippen LogP contribution in [0.25, 0.3) is 16.7 Å². The van der Waals surface area contributed by atoms with Gasteiger partial charge in [-0.3, -0.25) is 0 Å². The zero-order valence-corrected chi connectivity index (χ0v) is 27.9. The van der Waals surface area contributed by atoms with Gasteiger partial charge in [0.05, 0.1) is 26.4 Å². The van der Waals surface area contributed by atoms with E-state index in [1.54, 1.807) is 0 Å². The second kappa shape index (κ2) is 16.7. The number of benzene rings is 4. The highest BCUT2D eigenvalue weighted by Gasteiger charge is 2.25. The second-order valence-corrected chi connectivity index (χ2v) is 11.9. The van der Waals surface area contributed by atoms with Crippen LogP contribution in [0.2, 0.25) is 0 Å². The minimum Gasteiger partial charge on any atom is -0.395 e. The fourth-order valence-corrected chi connectivity index (χ4v) is 6.28. The minimum atomic E-state index is 0.0206. The van der Waals surface area contributed by atoms with Crippen LogP contribution in [0, 0.1) is 23.7 Å². The lowest BCUT2D eigenvalue weighted by atomic mass is 9.95. The average Bonchev–Trinajstić information content (AvgIpc) is 3.25. The van der Waals surface area contributed by atoms with E-state index < -0.39 is 0 Å². The van der Waals surface area contributed by atoms with Gasteiger partial charge < -0.3 is 30.2 Å². The Bertz CT molecular complexity index is 1910. The van der Waals surface area contributed by atoms with Gasteiger partial charge in [-0.05, 0) is 106 Å². The maximum atomic E-state index is 9.38. The van der Waals surface area contributed by atoms with Crippen molar-refractivity contribution in [2.24, 2.45) is 0 Å². The zero-order chi connectivity index (χ0) is 34.7. The first kappa shape index (κ1) is 34.3. The molecule has 6 rings (SSSR count). The van der Waals surface area contributed by atoms with Crippen molar-refractivity contribution >= 4 is 16.9 Å². The molecule has 6 heteroatoms. The highest BCUT2D eigenvalue weighted by molar-refractivity contribution is 6.04. The molecule has 0 spiro atoms. The number of hydrogen-bond acceptors (Lipinski definition) is 6. The van der Waals surface area contributed by atoms with Gasteiger partial charge in [0.15, 0.2) is 0 Å². The van der Waals surface area contributed by atoms with Crippen molar-refractivity contribution in [3.8, 4) is 34.8 Å². The summed E-state index contributed by atoms with van der Waals surface area (Å²) in [6.45, 7) is 1.92. The molecule has 4 N–H and O–H groups in total. The van der Waals surface area contributed by atoms with Crippen molar-refractivity contribution in [1.82, 2.24) is 0 Å². The molecular formula is C44H40N2O4. The highest BCUT2D eigenvalue weighted by atomic mass is 16.3. The van der Waals surface area contributed by atoms with E-state index in [4.69, 9.17) is 0 Å². The van der Waals surface area contributed by atoms with Gasteiger partial charge in [0, 0.05) is 59.8 Å². The number of hydrogen-bond donors (Lipinski definition) is 4. The smallest absolute Gasteiger partial charge is 0.0606 e. The Balaban J connectivity index is 1.30. The van der Waals surface area contributed by atoms with Crippen LogP contribution in [0.5, 0.6) is 0 Å². The van der Waals surface area contributed by atoms with E-state index in [-0.39, 0.29) is 26.4 Å². The van der Waals surface area contributed by atoms with Crippen LogP contribution in [-0.4, -0.2) is 73.0 Å². The maximum absolute atomic E-state index is 9.38. The van der Waals surface area contributed by atoms with Crippen LogP contribution in [-0.2, 0) is 0 Å². The number of fused-ring (bicyclic) bond motifs is 3. The summed E-state index contributed by atoms with van der Waals surface area (Å²) in [5.74, 6) is 13.3. The van der Waals surface area contributed by atoms with Gasteiger partial charge in [0.25, 0.3) is 0 Å². The normalized spacial score (nSPS) is 12.4. The molecule has 0 atom stereocenters. The van der Waals surface area contributed by atoms with E-state index in [1.807, 2.05) is 70.5 Å². The number of rotatable bonds is 10. The lowest BCUT2D eigenvalue weighted by Crippen LogP contribution is -2.29. The topological polar surface area (TPSA) is 87.4 Å². The van der Waals surface area contributed by atoms with Gasteiger partial charge in [0.2, 0.25) is 0 Å². The average molecular weight is 661 g/mol. The van der Waals surface area contributed by atoms with E-state index in [2.05, 4.69) is 84.4 Å². The molecular weight excluding hydrogens is 620 g/mol. The van der Waals surface area contributed by atoms with Gasteiger partial charge >= 0.3 is 0 Å². The van der Waals surface area contributed by atoms with E-state index in [1.165, 1.54) is 0 Å². The first-order valence-electron chi connectivity index (χ1n) is 16.8. The van der Waals surface area contributed by atoms with Gasteiger partial charge in [-0.1, -0.05) is 72.3 Å². The molecule has 4 aromatic carbocycles. The van der Waals surface area contributed by atoms with E-state index >= 15 is 0 Å². The lowest BCUT2D eigenvalue weighted by molar-refractivity contribution is 0.280. The second-order valence-electron chi connectivity index (χ2n) is 11.9. The summed E-state index contributed by atoms with van der Waals surface area (Å²) < 4.78 is 0. The van der Waals surface area contributed by atoms with E-state index in [0.717, 1.165) is 67.0 Å². The molecule has 0 bridgehead atoms. The van der Waals surface area contributed by atoms with Crippen molar-refractivity contribution in [2.75, 3.05) is 62.4 Å². The largest absolute Gasteiger partial charge is 0.395 e. The lowest BCUT2D eigenvalue weighted by Gasteiger charge is -2.22. The van der Waals surface area contributed by atoms with Crippen molar-refractivity contribution < 1.29 is 20.4 Å². The van der Waals surface area contributed by atoms with Crippen molar-refractivity contribution in [2.45, 2.75) is 0 Å². The molecule has 4 aromatic rings. The Kier molecular flexibility index (Phi) is 11.4. The standard InChI is InChI=1S/C44H40N2O4/c47-27-23-45(24-28-48)38-17-11-33(12-18-38)7-9-35-15-21-40-41-22-16-36(10-8-34-13-19-39(20-14-34)46(25-29-49)26-30-50)32-43(41)44(42(40)31-35)37-5-3-1-2-4-6-37/h1-6,11-22,31-32,47-50H,23-30H2. The molecule has 0 heterocycles. The van der Waals surface area contributed by atoms with Crippen molar-refractivity contribution in [3.63, 3.8) is 0 Å². The third-order valence-electron chi connectivity index (χ3n) is 8.69. The van der Waals surface area contributed by atoms with E-state index in [0.29, 0.717) is 26.2 Å². The van der Waals surface area contributed by atoms with Crippen LogP contribution in [0.1, 0.15) is 33.4 Å². The fraction of sp³-hybridized carbons (Fsp3) is 0.182. The quantitative estimate of drug-likeness (QED) is 0.148. The van der Waals surface area contributed by atoms with Gasteiger partial charge in [-0.25, -0.2) is 0 Å². The Hall–Kier alpha value is -5.60. The predicted molar refractivity (Wildman–Crippen MR) is 203 cm³/mol. The molecule has 50 heavy (non-hydrogen) atoms. The SMILES string of the molecule is OCCN(CCO)c1ccc(C#Cc2ccc3c(c2)C(=C2C=CC=CC=C2)c2cc(C#Cc4ccc(N(CCO)CCO)cc4)ccc2-3)cc1. The maximum Gasteiger partial charge on any atom is 0.0606 e. The summed E-state index contributed by atoms with van der Waals surface area (Å²) in [5.41, 5.74) is 12.3. The van der Waals surface area contributed by atoms with Crippen LogP contribution >= 0.6 is 0 Å². The molecule has 0 unspecified atom stereocenters. The summed E-state index contributed by atoms with van der Waals surface area (Å²) in [5, 5.41) is 37.5. The molecule has 0 amide bonds. The molecule has 0 aliphatic heterocycles.